The molecule has 15 heavy (non-hydrogen) atoms. The average Bonchev–Trinajstić information content (AvgIpc) is 2.74. The molecule has 1 N–H and O–H groups in total. The van der Waals surface area contributed by atoms with Crippen LogP contribution >= 0.6 is 11.6 Å². The Morgan fingerprint density at radius 3 is 2.60 bits per heavy atom. The van der Waals surface area contributed by atoms with Crippen LogP contribution in [-0.2, 0) is 6.42 Å². The lowest BCUT2D eigenvalue weighted by Gasteiger charge is -1.98. The van der Waals surface area contributed by atoms with Gasteiger partial charge in [-0.1, -0.05) is 23.7 Å². The van der Waals surface area contributed by atoms with E-state index in [0.717, 1.165) is 5.56 Å². The fourth-order valence-electron chi connectivity index (χ4n) is 1.29. The molecule has 0 aliphatic rings. The standard InChI is InChI=1S/C11H9ClN2O/c12-9-3-1-8(2-4-9)7-11(15)10-5-6-13-14-10/h1-6H,7H2,(H,13,14). The van der Waals surface area contributed by atoms with E-state index in [1.54, 1.807) is 24.4 Å². The summed E-state index contributed by atoms with van der Waals surface area (Å²) in [6.07, 6.45) is 1.93. The maximum Gasteiger partial charge on any atom is 0.184 e. The highest BCUT2D eigenvalue weighted by atomic mass is 35.5. The molecule has 0 spiro atoms. The van der Waals surface area contributed by atoms with E-state index >= 15 is 0 Å². The second kappa shape index (κ2) is 4.28. The quantitative estimate of drug-likeness (QED) is 0.808. The van der Waals surface area contributed by atoms with Gasteiger partial charge in [0.25, 0.3) is 0 Å². The van der Waals surface area contributed by atoms with Crippen molar-refractivity contribution in [2.45, 2.75) is 6.42 Å². The Balaban J connectivity index is 2.09. The van der Waals surface area contributed by atoms with Gasteiger partial charge < -0.3 is 0 Å². The Morgan fingerprint density at radius 2 is 2.00 bits per heavy atom. The van der Waals surface area contributed by atoms with E-state index in [-0.39, 0.29) is 5.78 Å². The number of Topliss-reactive ketones (excluding diaryl/α,β-unsaturated/α-hetero) is 1. The first-order chi connectivity index (χ1) is 7.25. The number of hydrogen-bond donors (Lipinski definition) is 1. The molecular weight excluding hydrogens is 212 g/mol. The van der Waals surface area contributed by atoms with Gasteiger partial charge in [0.2, 0.25) is 0 Å². The van der Waals surface area contributed by atoms with E-state index in [1.165, 1.54) is 0 Å². The lowest BCUT2D eigenvalue weighted by atomic mass is 10.1. The maximum absolute atomic E-state index is 11.7. The molecule has 0 aliphatic carbocycles. The van der Waals surface area contributed by atoms with Crippen LogP contribution in [0.4, 0.5) is 0 Å². The highest BCUT2D eigenvalue weighted by molar-refractivity contribution is 6.30. The number of halogens is 1. The van der Waals surface area contributed by atoms with E-state index in [0.29, 0.717) is 17.1 Å². The summed E-state index contributed by atoms with van der Waals surface area (Å²) < 4.78 is 0. The van der Waals surface area contributed by atoms with Crippen LogP contribution in [-0.4, -0.2) is 16.0 Å². The first kappa shape index (κ1) is 9.93. The van der Waals surface area contributed by atoms with Gasteiger partial charge in [0.15, 0.2) is 5.78 Å². The molecule has 0 atom stereocenters. The maximum atomic E-state index is 11.7. The van der Waals surface area contributed by atoms with Gasteiger partial charge >= 0.3 is 0 Å². The summed E-state index contributed by atoms with van der Waals surface area (Å²) in [5.74, 6) is 0.0230. The SMILES string of the molecule is O=C(Cc1ccc(Cl)cc1)c1ccn[nH]1. The third kappa shape index (κ3) is 2.44. The molecule has 4 heteroatoms. The second-order valence-electron chi connectivity index (χ2n) is 3.20. The predicted molar refractivity (Wildman–Crippen MR) is 58.1 cm³/mol. The molecular formula is C11H9ClN2O. The van der Waals surface area contributed by atoms with Crippen molar-refractivity contribution in [3.05, 3.63) is 52.8 Å². The largest absolute Gasteiger partial charge is 0.292 e. The number of ketones is 1. The lowest BCUT2D eigenvalue weighted by Crippen LogP contribution is -2.03. The summed E-state index contributed by atoms with van der Waals surface area (Å²) in [4.78, 5) is 11.7. The summed E-state index contributed by atoms with van der Waals surface area (Å²) in [5.41, 5.74) is 1.48. The van der Waals surface area contributed by atoms with Gasteiger partial charge in [-0.2, -0.15) is 5.10 Å². The van der Waals surface area contributed by atoms with Crippen molar-refractivity contribution in [3.63, 3.8) is 0 Å². The molecule has 1 heterocycles. The van der Waals surface area contributed by atoms with Gasteiger partial charge in [-0.3, -0.25) is 9.89 Å². The number of benzene rings is 1. The Kier molecular flexibility index (Phi) is 2.83. The number of H-pyrrole nitrogens is 1. The van der Waals surface area contributed by atoms with Crippen LogP contribution in [0.15, 0.2) is 36.5 Å². The highest BCUT2D eigenvalue weighted by Gasteiger charge is 2.07. The molecule has 2 rings (SSSR count). The zero-order valence-corrected chi connectivity index (χ0v) is 8.66. The zero-order valence-electron chi connectivity index (χ0n) is 7.90. The molecule has 2 aromatic rings. The van der Waals surface area contributed by atoms with Crippen molar-refractivity contribution < 1.29 is 4.79 Å². The number of carbonyl (C=O) groups is 1. The molecule has 0 saturated carbocycles. The molecule has 0 aliphatic heterocycles. The molecule has 0 bridgehead atoms. The van der Waals surface area contributed by atoms with Crippen molar-refractivity contribution in [2.24, 2.45) is 0 Å². The average molecular weight is 221 g/mol. The van der Waals surface area contributed by atoms with Crippen LogP contribution in [0.1, 0.15) is 16.1 Å². The van der Waals surface area contributed by atoms with Crippen LogP contribution in [0.2, 0.25) is 5.02 Å². The predicted octanol–water partition coefficient (Wildman–Crippen LogP) is 2.49. The minimum absolute atomic E-state index is 0.0230. The van der Waals surface area contributed by atoms with Gasteiger partial charge in [0, 0.05) is 17.6 Å². The normalized spacial score (nSPS) is 10.2. The minimum atomic E-state index is 0.0230. The van der Waals surface area contributed by atoms with Gasteiger partial charge in [-0.25, -0.2) is 0 Å². The van der Waals surface area contributed by atoms with E-state index in [1.807, 2.05) is 12.1 Å². The molecule has 0 saturated heterocycles. The number of hydrogen-bond acceptors (Lipinski definition) is 2. The molecule has 0 amide bonds. The summed E-state index contributed by atoms with van der Waals surface area (Å²) >= 11 is 5.75. The topological polar surface area (TPSA) is 45.8 Å². The van der Waals surface area contributed by atoms with Crippen molar-refractivity contribution in [3.8, 4) is 0 Å². The molecule has 0 unspecified atom stereocenters. The van der Waals surface area contributed by atoms with Gasteiger partial charge in [0.05, 0.1) is 0 Å². The van der Waals surface area contributed by atoms with Gasteiger partial charge in [0.1, 0.15) is 5.69 Å². The number of nitrogens with zero attached hydrogens (tertiary/aromatic N) is 1. The van der Waals surface area contributed by atoms with Gasteiger partial charge in [-0.05, 0) is 23.8 Å². The van der Waals surface area contributed by atoms with E-state index in [4.69, 9.17) is 11.6 Å². The van der Waals surface area contributed by atoms with Crippen molar-refractivity contribution >= 4 is 17.4 Å². The fourth-order valence-corrected chi connectivity index (χ4v) is 1.42. The number of nitrogens with one attached hydrogen (secondary N) is 1. The highest BCUT2D eigenvalue weighted by Crippen LogP contribution is 2.11. The molecule has 1 aromatic carbocycles. The molecule has 0 radical (unpaired) electrons. The van der Waals surface area contributed by atoms with Crippen LogP contribution in [0.25, 0.3) is 0 Å². The fraction of sp³-hybridized carbons (Fsp3) is 0.0909. The summed E-state index contributed by atoms with van der Waals surface area (Å²) in [7, 11) is 0. The molecule has 1 aromatic heterocycles. The zero-order chi connectivity index (χ0) is 10.7. The van der Waals surface area contributed by atoms with E-state index < -0.39 is 0 Å². The van der Waals surface area contributed by atoms with E-state index in [2.05, 4.69) is 10.2 Å². The van der Waals surface area contributed by atoms with Crippen LogP contribution in [0.3, 0.4) is 0 Å². The first-order valence-electron chi connectivity index (χ1n) is 4.53. The van der Waals surface area contributed by atoms with Gasteiger partial charge in [-0.15, -0.1) is 0 Å². The Labute approximate surface area is 92.1 Å². The van der Waals surface area contributed by atoms with Crippen molar-refractivity contribution in [1.82, 2.24) is 10.2 Å². The molecule has 3 nitrogen and oxygen atoms in total. The molecule has 76 valence electrons. The Morgan fingerprint density at radius 1 is 1.27 bits per heavy atom. The van der Waals surface area contributed by atoms with Crippen LogP contribution in [0, 0.1) is 0 Å². The third-order valence-corrected chi connectivity index (χ3v) is 2.33. The summed E-state index contributed by atoms with van der Waals surface area (Å²) in [6, 6.07) is 8.90. The second-order valence-corrected chi connectivity index (χ2v) is 3.63. The van der Waals surface area contributed by atoms with E-state index in [9.17, 15) is 4.79 Å². The molecule has 0 fully saturated rings. The number of aromatic nitrogens is 2. The number of aromatic amines is 1. The minimum Gasteiger partial charge on any atom is -0.292 e. The summed E-state index contributed by atoms with van der Waals surface area (Å²) in [6.45, 7) is 0. The smallest absolute Gasteiger partial charge is 0.184 e. The Bertz CT molecular complexity index is 448. The van der Waals surface area contributed by atoms with Crippen molar-refractivity contribution in [1.29, 1.82) is 0 Å². The number of rotatable bonds is 3. The van der Waals surface area contributed by atoms with Crippen LogP contribution in [0.5, 0.6) is 0 Å². The Hall–Kier alpha value is -1.61. The van der Waals surface area contributed by atoms with Crippen LogP contribution < -0.4 is 0 Å². The first-order valence-corrected chi connectivity index (χ1v) is 4.90. The van der Waals surface area contributed by atoms with Crippen molar-refractivity contribution in [2.75, 3.05) is 0 Å². The number of carbonyl (C=O) groups excluding carboxylic acids is 1. The monoisotopic (exact) mass is 220 g/mol. The summed E-state index contributed by atoms with van der Waals surface area (Å²) in [5, 5.41) is 7.05. The lowest BCUT2D eigenvalue weighted by molar-refractivity contribution is 0.0988. The third-order valence-electron chi connectivity index (χ3n) is 2.08.